The average Bonchev–Trinajstić information content (AvgIpc) is 2.72. The zero-order valence-electron chi connectivity index (χ0n) is 11.2. The molecule has 0 bridgehead atoms. The number of ether oxygens (including phenoxy) is 1. The van der Waals surface area contributed by atoms with Gasteiger partial charge in [0.15, 0.2) is 12.4 Å². The van der Waals surface area contributed by atoms with Gasteiger partial charge in [0.05, 0.1) is 0 Å². The van der Waals surface area contributed by atoms with E-state index in [1.807, 2.05) is 18.2 Å². The number of nitrogens with zero attached hydrogens (tertiary/aromatic N) is 2. The van der Waals surface area contributed by atoms with E-state index in [9.17, 15) is 0 Å². The molecule has 1 aromatic carbocycles. The summed E-state index contributed by atoms with van der Waals surface area (Å²) in [5, 5.41) is 3.73. The van der Waals surface area contributed by atoms with E-state index in [-0.39, 0.29) is 5.41 Å². The number of aryl methyl sites for hydroxylation is 1. The normalized spacial score (nSPS) is 11.6. The van der Waals surface area contributed by atoms with Crippen molar-refractivity contribution in [2.45, 2.75) is 39.7 Å². The van der Waals surface area contributed by atoms with Crippen LogP contribution in [0.3, 0.4) is 0 Å². The summed E-state index contributed by atoms with van der Waals surface area (Å²) < 4.78 is 10.8. The summed E-state index contributed by atoms with van der Waals surface area (Å²) in [4.78, 5) is 4.11. The summed E-state index contributed by atoms with van der Waals surface area (Å²) in [7, 11) is 0. The van der Waals surface area contributed by atoms with Crippen LogP contribution in [0.15, 0.2) is 28.8 Å². The van der Waals surface area contributed by atoms with Gasteiger partial charge in [-0.05, 0) is 24.0 Å². The van der Waals surface area contributed by atoms with Gasteiger partial charge in [0.1, 0.15) is 5.75 Å². The lowest BCUT2D eigenvalue weighted by Crippen LogP contribution is -2.13. The molecule has 1 heterocycles. The van der Waals surface area contributed by atoms with Crippen LogP contribution in [0.5, 0.6) is 5.75 Å². The first kappa shape index (κ1) is 12.6. The maximum absolute atomic E-state index is 5.77. The first-order valence-electron chi connectivity index (χ1n) is 5.98. The summed E-state index contributed by atoms with van der Waals surface area (Å²) in [5.74, 6) is 1.98. The zero-order valence-corrected chi connectivity index (χ0v) is 11.2. The predicted molar refractivity (Wildman–Crippen MR) is 68.5 cm³/mol. The number of benzene rings is 1. The molecule has 0 aliphatic heterocycles. The van der Waals surface area contributed by atoms with Crippen molar-refractivity contribution in [1.29, 1.82) is 0 Å². The minimum atomic E-state index is 0.0430. The Bertz CT molecular complexity index is 527. The Morgan fingerprint density at radius 2 is 1.94 bits per heavy atom. The van der Waals surface area contributed by atoms with Gasteiger partial charge < -0.3 is 9.26 Å². The number of hydrogen-bond donors (Lipinski definition) is 0. The van der Waals surface area contributed by atoms with E-state index in [0.29, 0.717) is 18.3 Å². The fourth-order valence-electron chi connectivity index (χ4n) is 1.75. The van der Waals surface area contributed by atoms with Crippen LogP contribution in [-0.4, -0.2) is 10.1 Å². The second-order valence-electron chi connectivity index (χ2n) is 5.27. The Balaban J connectivity index is 2.14. The molecule has 0 unspecified atom stereocenters. The van der Waals surface area contributed by atoms with E-state index in [0.717, 1.165) is 5.75 Å². The quantitative estimate of drug-likeness (QED) is 0.834. The lowest BCUT2D eigenvalue weighted by Gasteiger charge is -2.22. The van der Waals surface area contributed by atoms with Gasteiger partial charge in [-0.15, -0.1) is 0 Å². The Hall–Kier alpha value is -1.84. The van der Waals surface area contributed by atoms with Gasteiger partial charge in [0, 0.05) is 0 Å². The molecule has 96 valence electrons. The fourth-order valence-corrected chi connectivity index (χ4v) is 1.75. The number of aromatic nitrogens is 2. The van der Waals surface area contributed by atoms with Crippen molar-refractivity contribution in [2.24, 2.45) is 0 Å². The first-order chi connectivity index (χ1) is 8.47. The third-order valence-corrected chi connectivity index (χ3v) is 2.62. The number of hydrogen-bond acceptors (Lipinski definition) is 4. The minimum Gasteiger partial charge on any atom is -0.483 e. The lowest BCUT2D eigenvalue weighted by atomic mass is 9.86. The van der Waals surface area contributed by atoms with Crippen molar-refractivity contribution in [3.63, 3.8) is 0 Å². The van der Waals surface area contributed by atoms with Crippen LogP contribution in [0.4, 0.5) is 0 Å². The SMILES string of the molecule is Cc1noc(COc2ccccc2C(C)(C)C)n1. The maximum atomic E-state index is 5.77. The van der Waals surface area contributed by atoms with E-state index in [2.05, 4.69) is 37.0 Å². The van der Waals surface area contributed by atoms with Crippen LogP contribution in [-0.2, 0) is 12.0 Å². The zero-order chi connectivity index (χ0) is 13.2. The standard InChI is InChI=1S/C14H18N2O2/c1-10-15-13(18-16-10)9-17-12-8-6-5-7-11(12)14(2,3)4/h5-8H,9H2,1-4H3. The molecule has 0 saturated carbocycles. The van der Waals surface area contributed by atoms with Crippen molar-refractivity contribution < 1.29 is 9.26 Å². The molecule has 2 rings (SSSR count). The van der Waals surface area contributed by atoms with Gasteiger partial charge in [-0.3, -0.25) is 0 Å². The largest absolute Gasteiger partial charge is 0.483 e. The third-order valence-electron chi connectivity index (χ3n) is 2.62. The van der Waals surface area contributed by atoms with Crippen molar-refractivity contribution in [1.82, 2.24) is 10.1 Å². The summed E-state index contributed by atoms with van der Waals surface area (Å²) in [6, 6.07) is 8.02. The molecule has 0 aliphatic carbocycles. The van der Waals surface area contributed by atoms with E-state index in [1.165, 1.54) is 5.56 Å². The molecule has 0 N–H and O–H groups in total. The van der Waals surface area contributed by atoms with Gasteiger partial charge in [-0.25, -0.2) is 0 Å². The van der Waals surface area contributed by atoms with Crippen molar-refractivity contribution in [3.05, 3.63) is 41.5 Å². The minimum absolute atomic E-state index is 0.0430. The highest BCUT2D eigenvalue weighted by Gasteiger charge is 2.18. The summed E-state index contributed by atoms with van der Waals surface area (Å²) in [6.45, 7) is 8.56. The monoisotopic (exact) mass is 246 g/mol. The highest BCUT2D eigenvalue weighted by Crippen LogP contribution is 2.31. The maximum Gasteiger partial charge on any atom is 0.264 e. The van der Waals surface area contributed by atoms with Crippen LogP contribution in [0.25, 0.3) is 0 Å². The molecule has 4 heteroatoms. The van der Waals surface area contributed by atoms with Crippen LogP contribution in [0.2, 0.25) is 0 Å². The highest BCUT2D eigenvalue weighted by atomic mass is 16.5. The molecule has 2 aromatic rings. The van der Waals surface area contributed by atoms with Gasteiger partial charge in [-0.1, -0.05) is 44.1 Å². The van der Waals surface area contributed by atoms with E-state index < -0.39 is 0 Å². The lowest BCUT2D eigenvalue weighted by molar-refractivity contribution is 0.238. The molecular weight excluding hydrogens is 228 g/mol. The number of para-hydroxylation sites is 1. The Morgan fingerprint density at radius 3 is 2.56 bits per heavy atom. The molecule has 0 saturated heterocycles. The van der Waals surface area contributed by atoms with Gasteiger partial charge in [0.2, 0.25) is 0 Å². The molecule has 0 atom stereocenters. The highest BCUT2D eigenvalue weighted by molar-refractivity contribution is 5.38. The molecule has 0 fully saturated rings. The van der Waals surface area contributed by atoms with Crippen LogP contribution < -0.4 is 4.74 Å². The molecule has 0 amide bonds. The third kappa shape index (κ3) is 2.88. The molecule has 0 radical (unpaired) electrons. The summed E-state index contributed by atoms with van der Waals surface area (Å²) in [5.41, 5.74) is 1.21. The van der Waals surface area contributed by atoms with Gasteiger partial charge >= 0.3 is 0 Å². The average molecular weight is 246 g/mol. The van der Waals surface area contributed by atoms with Crippen molar-refractivity contribution in [3.8, 4) is 5.75 Å². The van der Waals surface area contributed by atoms with E-state index >= 15 is 0 Å². The smallest absolute Gasteiger partial charge is 0.264 e. The van der Waals surface area contributed by atoms with Crippen LogP contribution in [0, 0.1) is 6.92 Å². The van der Waals surface area contributed by atoms with Crippen molar-refractivity contribution >= 4 is 0 Å². The Labute approximate surface area is 107 Å². The van der Waals surface area contributed by atoms with Gasteiger partial charge in [0.25, 0.3) is 5.89 Å². The fraction of sp³-hybridized carbons (Fsp3) is 0.429. The second kappa shape index (κ2) is 4.80. The molecule has 4 nitrogen and oxygen atoms in total. The summed E-state index contributed by atoms with van der Waals surface area (Å²) >= 11 is 0. The predicted octanol–water partition coefficient (Wildman–Crippen LogP) is 3.25. The van der Waals surface area contributed by atoms with Crippen molar-refractivity contribution in [2.75, 3.05) is 0 Å². The van der Waals surface area contributed by atoms with Gasteiger partial charge in [-0.2, -0.15) is 4.98 Å². The Kier molecular flexibility index (Phi) is 3.36. The van der Waals surface area contributed by atoms with Crippen LogP contribution in [0.1, 0.15) is 38.0 Å². The first-order valence-corrected chi connectivity index (χ1v) is 5.98. The molecule has 0 spiro atoms. The summed E-state index contributed by atoms with van der Waals surface area (Å²) in [6.07, 6.45) is 0. The number of rotatable bonds is 3. The molecule has 0 aliphatic rings. The van der Waals surface area contributed by atoms with E-state index in [4.69, 9.17) is 9.26 Å². The topological polar surface area (TPSA) is 48.2 Å². The molecule has 18 heavy (non-hydrogen) atoms. The molecule has 1 aromatic heterocycles. The molecular formula is C14H18N2O2. The second-order valence-corrected chi connectivity index (χ2v) is 5.27. The Morgan fingerprint density at radius 1 is 1.22 bits per heavy atom. The van der Waals surface area contributed by atoms with Crippen LogP contribution >= 0.6 is 0 Å². The van der Waals surface area contributed by atoms with E-state index in [1.54, 1.807) is 6.92 Å².